The molecule has 0 spiro atoms. The van der Waals surface area contributed by atoms with Crippen LogP contribution in [0.5, 0.6) is 0 Å². The van der Waals surface area contributed by atoms with E-state index >= 15 is 0 Å². The van der Waals surface area contributed by atoms with Crippen molar-refractivity contribution in [1.29, 1.82) is 0 Å². The molecule has 6 heteroatoms. The van der Waals surface area contributed by atoms with E-state index in [4.69, 9.17) is 5.73 Å². The zero-order valence-corrected chi connectivity index (χ0v) is 8.97. The van der Waals surface area contributed by atoms with E-state index < -0.39 is 18.1 Å². The fourth-order valence-electron chi connectivity index (χ4n) is 1.18. The van der Waals surface area contributed by atoms with Crippen LogP contribution in [0, 0.1) is 0 Å². The highest BCUT2D eigenvalue weighted by molar-refractivity contribution is 8.00. The third kappa shape index (κ3) is 2.39. The third-order valence-corrected chi connectivity index (χ3v) is 3.45. The summed E-state index contributed by atoms with van der Waals surface area (Å²) < 4.78 is 4.59. The normalized spacial score (nSPS) is 33.1. The molecule has 80 valence electrons. The highest BCUT2D eigenvalue weighted by Crippen LogP contribution is 2.19. The Morgan fingerprint density at radius 1 is 1.71 bits per heavy atom. The van der Waals surface area contributed by atoms with Crippen molar-refractivity contribution >= 4 is 23.6 Å². The number of ether oxygens (including phenoxy) is 1. The van der Waals surface area contributed by atoms with Gasteiger partial charge >= 0.3 is 5.97 Å². The molecule has 1 saturated heterocycles. The molecule has 1 aliphatic rings. The molecule has 14 heavy (non-hydrogen) atoms. The van der Waals surface area contributed by atoms with Gasteiger partial charge in [0.25, 0.3) is 0 Å². The summed E-state index contributed by atoms with van der Waals surface area (Å²) in [5.41, 5.74) is 5.56. The van der Waals surface area contributed by atoms with Gasteiger partial charge < -0.3 is 15.8 Å². The van der Waals surface area contributed by atoms with E-state index in [1.807, 2.05) is 6.92 Å². The number of nitrogens with two attached hydrogens (primary N) is 1. The number of esters is 1. The van der Waals surface area contributed by atoms with Gasteiger partial charge in [0, 0.05) is 11.0 Å². The lowest BCUT2D eigenvalue weighted by Crippen LogP contribution is -2.50. The van der Waals surface area contributed by atoms with Gasteiger partial charge in [0.05, 0.1) is 13.2 Å². The van der Waals surface area contributed by atoms with Crippen molar-refractivity contribution in [2.75, 3.05) is 12.9 Å². The van der Waals surface area contributed by atoms with Crippen LogP contribution in [-0.4, -0.2) is 42.1 Å². The van der Waals surface area contributed by atoms with Crippen LogP contribution < -0.4 is 11.1 Å². The minimum Gasteiger partial charge on any atom is -0.467 e. The molecule has 1 fully saturated rings. The molecule has 0 bridgehead atoms. The van der Waals surface area contributed by atoms with Crippen LogP contribution in [-0.2, 0) is 14.3 Å². The maximum atomic E-state index is 11.3. The molecule has 0 radical (unpaired) electrons. The van der Waals surface area contributed by atoms with E-state index in [1.54, 1.807) is 0 Å². The van der Waals surface area contributed by atoms with Gasteiger partial charge in [-0.1, -0.05) is 6.92 Å². The van der Waals surface area contributed by atoms with Gasteiger partial charge in [-0.3, -0.25) is 4.79 Å². The summed E-state index contributed by atoms with van der Waals surface area (Å²) in [5, 5.41) is 2.56. The topological polar surface area (TPSA) is 81.4 Å². The summed E-state index contributed by atoms with van der Waals surface area (Å²) >= 11 is 1.49. The lowest BCUT2D eigenvalue weighted by molar-refractivity contribution is -0.144. The molecule has 0 unspecified atom stereocenters. The standard InChI is InChI=1S/C8H14N2O3S/c1-4-6(8(12)13-2)10-7(11)5(9)3-14-4/h4-6H,3,9H2,1-2H3,(H,10,11)/t4-,5-,6-/m0/s1. The smallest absolute Gasteiger partial charge is 0.329 e. The number of hydrogen-bond acceptors (Lipinski definition) is 5. The molecule has 3 atom stereocenters. The second kappa shape index (κ2) is 4.65. The first-order valence-electron chi connectivity index (χ1n) is 4.31. The largest absolute Gasteiger partial charge is 0.467 e. The molecule has 0 aliphatic carbocycles. The summed E-state index contributed by atoms with van der Waals surface area (Å²) in [6.45, 7) is 1.87. The molecule has 3 N–H and O–H groups in total. The fourth-order valence-corrected chi connectivity index (χ4v) is 2.22. The molecular formula is C8H14N2O3S. The number of nitrogens with one attached hydrogen (secondary N) is 1. The van der Waals surface area contributed by atoms with Gasteiger partial charge in [-0.05, 0) is 0 Å². The van der Waals surface area contributed by atoms with Crippen LogP contribution >= 0.6 is 11.8 Å². The average molecular weight is 218 g/mol. The number of carbonyl (C=O) groups is 2. The molecule has 0 aromatic carbocycles. The second-order valence-electron chi connectivity index (χ2n) is 3.15. The monoisotopic (exact) mass is 218 g/mol. The van der Waals surface area contributed by atoms with Gasteiger partial charge in [0.15, 0.2) is 0 Å². The lowest BCUT2D eigenvalue weighted by atomic mass is 10.2. The van der Waals surface area contributed by atoms with Gasteiger partial charge in [-0.25, -0.2) is 4.79 Å². The van der Waals surface area contributed by atoms with Crippen molar-refractivity contribution in [3.63, 3.8) is 0 Å². The van der Waals surface area contributed by atoms with Crippen molar-refractivity contribution < 1.29 is 14.3 Å². The van der Waals surface area contributed by atoms with Gasteiger partial charge in [-0.15, -0.1) is 0 Å². The number of amides is 1. The number of carbonyl (C=O) groups excluding carboxylic acids is 2. The quantitative estimate of drug-likeness (QED) is 0.558. The molecule has 0 saturated carbocycles. The van der Waals surface area contributed by atoms with E-state index in [2.05, 4.69) is 10.1 Å². The highest BCUT2D eigenvalue weighted by atomic mass is 32.2. The summed E-state index contributed by atoms with van der Waals surface area (Å²) in [5.74, 6) is -0.190. The Labute approximate surface area is 86.7 Å². The van der Waals surface area contributed by atoms with E-state index in [1.165, 1.54) is 18.9 Å². The molecule has 0 aromatic heterocycles. The molecule has 5 nitrogen and oxygen atoms in total. The molecule has 1 aliphatic heterocycles. The predicted octanol–water partition coefficient (Wildman–Crippen LogP) is -0.893. The first-order chi connectivity index (χ1) is 6.56. The Morgan fingerprint density at radius 3 is 2.93 bits per heavy atom. The zero-order valence-electron chi connectivity index (χ0n) is 8.15. The number of rotatable bonds is 1. The van der Waals surface area contributed by atoms with Crippen LogP contribution in [0.25, 0.3) is 0 Å². The Kier molecular flexibility index (Phi) is 3.77. The minimum atomic E-state index is -0.592. The van der Waals surface area contributed by atoms with E-state index in [0.29, 0.717) is 5.75 Å². The summed E-state index contributed by atoms with van der Waals surface area (Å²) in [6.07, 6.45) is 0. The SMILES string of the molecule is COC(=O)[C@H]1NC(=O)[C@@H](N)CS[C@H]1C. The Hall–Kier alpha value is -0.750. The molecule has 1 amide bonds. The van der Waals surface area contributed by atoms with E-state index in [-0.39, 0.29) is 11.2 Å². The van der Waals surface area contributed by atoms with Crippen molar-refractivity contribution in [3.05, 3.63) is 0 Å². The predicted molar refractivity (Wildman–Crippen MR) is 53.8 cm³/mol. The molecule has 0 aromatic rings. The number of hydrogen-bond donors (Lipinski definition) is 2. The zero-order chi connectivity index (χ0) is 10.7. The van der Waals surface area contributed by atoms with Crippen LogP contribution in [0.15, 0.2) is 0 Å². The summed E-state index contributed by atoms with van der Waals surface area (Å²) in [7, 11) is 1.30. The first-order valence-corrected chi connectivity index (χ1v) is 5.36. The van der Waals surface area contributed by atoms with Crippen LogP contribution in [0.4, 0.5) is 0 Å². The van der Waals surface area contributed by atoms with Crippen LogP contribution in [0.1, 0.15) is 6.92 Å². The lowest BCUT2D eigenvalue weighted by Gasteiger charge is -2.18. The van der Waals surface area contributed by atoms with Crippen molar-refractivity contribution in [3.8, 4) is 0 Å². The Morgan fingerprint density at radius 2 is 2.36 bits per heavy atom. The second-order valence-corrected chi connectivity index (χ2v) is 4.56. The average Bonchev–Trinajstić information content (AvgIpc) is 2.30. The van der Waals surface area contributed by atoms with E-state index in [9.17, 15) is 9.59 Å². The summed E-state index contributed by atoms with van der Waals surface area (Å²) in [4.78, 5) is 22.6. The Bertz CT molecular complexity index is 245. The van der Waals surface area contributed by atoms with Gasteiger partial charge in [0.1, 0.15) is 6.04 Å². The van der Waals surface area contributed by atoms with Gasteiger partial charge in [0.2, 0.25) is 5.91 Å². The number of thioether (sulfide) groups is 1. The van der Waals surface area contributed by atoms with Gasteiger partial charge in [-0.2, -0.15) is 11.8 Å². The third-order valence-electron chi connectivity index (χ3n) is 2.10. The highest BCUT2D eigenvalue weighted by Gasteiger charge is 2.33. The maximum Gasteiger partial charge on any atom is 0.329 e. The van der Waals surface area contributed by atoms with Crippen LogP contribution in [0.2, 0.25) is 0 Å². The minimum absolute atomic E-state index is 0.0139. The molecule has 1 heterocycles. The van der Waals surface area contributed by atoms with E-state index in [0.717, 1.165) is 0 Å². The van der Waals surface area contributed by atoms with Crippen molar-refractivity contribution in [1.82, 2.24) is 5.32 Å². The van der Waals surface area contributed by atoms with Crippen molar-refractivity contribution in [2.24, 2.45) is 5.73 Å². The van der Waals surface area contributed by atoms with Crippen molar-refractivity contribution in [2.45, 2.75) is 24.3 Å². The van der Waals surface area contributed by atoms with Crippen LogP contribution in [0.3, 0.4) is 0 Å². The Balaban J connectivity index is 2.73. The number of methoxy groups -OCH3 is 1. The first kappa shape index (κ1) is 11.3. The molecule has 1 rings (SSSR count). The maximum absolute atomic E-state index is 11.3. The summed E-state index contributed by atoms with van der Waals surface area (Å²) in [6, 6.07) is -1.14. The molecular weight excluding hydrogens is 204 g/mol. The fraction of sp³-hybridized carbons (Fsp3) is 0.750.